The lowest BCUT2D eigenvalue weighted by Crippen LogP contribution is -2.43. The van der Waals surface area contributed by atoms with Crippen molar-refractivity contribution < 1.29 is 9.47 Å². The fraction of sp³-hybridized carbons (Fsp3) is 0.136. The van der Waals surface area contributed by atoms with E-state index < -0.39 is 0 Å². The number of aromatic nitrogens is 3. The molecule has 0 unspecified atom stereocenters. The van der Waals surface area contributed by atoms with Crippen LogP contribution in [0.5, 0.6) is 0 Å². The summed E-state index contributed by atoms with van der Waals surface area (Å²) in [6.45, 7) is 1.07. The molecule has 0 aliphatic rings. The van der Waals surface area contributed by atoms with E-state index in [-0.39, 0.29) is 12.3 Å². The van der Waals surface area contributed by atoms with E-state index in [2.05, 4.69) is 20.9 Å². The summed E-state index contributed by atoms with van der Waals surface area (Å²) in [5.41, 5.74) is 4.73. The van der Waals surface area contributed by atoms with Gasteiger partial charge in [0.15, 0.2) is 12.0 Å². The molecule has 0 aliphatic carbocycles. The number of nitrogens with zero attached hydrogens (tertiary/aromatic N) is 3. The average molecular weight is 372 g/mol. The number of fused-ring (bicyclic) bond motifs is 1. The summed E-state index contributed by atoms with van der Waals surface area (Å²) in [4.78, 5) is 16.7. The Labute approximate surface area is 163 Å². The highest BCUT2D eigenvalue weighted by Crippen LogP contribution is 2.19. The summed E-state index contributed by atoms with van der Waals surface area (Å²) in [5.74, 6) is 5.83. The minimum Gasteiger partial charge on any atom is -0.378 e. The quantitative estimate of drug-likeness (QED) is 0.297. The molecule has 0 fully saturated rings. The van der Waals surface area contributed by atoms with Gasteiger partial charge in [0.2, 0.25) is 6.20 Å². The number of ketones is 1. The lowest BCUT2D eigenvalue weighted by atomic mass is 10.1. The minimum atomic E-state index is 0.0613. The van der Waals surface area contributed by atoms with Gasteiger partial charge in [-0.05, 0) is 30.7 Å². The van der Waals surface area contributed by atoms with Gasteiger partial charge < -0.3 is 9.88 Å². The first-order chi connectivity index (χ1) is 13.7. The first-order valence-corrected chi connectivity index (χ1v) is 9.21. The van der Waals surface area contributed by atoms with E-state index in [1.165, 1.54) is 5.56 Å². The predicted octanol–water partition coefficient (Wildman–Crippen LogP) is 2.58. The molecule has 2 aromatic heterocycles. The zero-order valence-corrected chi connectivity index (χ0v) is 15.5. The van der Waals surface area contributed by atoms with Gasteiger partial charge in [-0.15, -0.1) is 0 Å². The van der Waals surface area contributed by atoms with Gasteiger partial charge in [-0.2, -0.15) is 0 Å². The normalized spacial score (nSPS) is 10.9. The van der Waals surface area contributed by atoms with Crippen LogP contribution in [-0.2, 0) is 13.0 Å². The number of aryl methyl sites for hydroxylation is 2. The number of anilines is 1. The number of imidazole rings is 1. The maximum atomic E-state index is 12.2. The van der Waals surface area contributed by atoms with E-state index in [9.17, 15) is 4.79 Å². The molecule has 4 rings (SSSR count). The highest BCUT2D eigenvalue weighted by molar-refractivity contribution is 5.99. The molecular formula is C22H22N5O+. The zero-order chi connectivity index (χ0) is 19.3. The zero-order valence-electron chi connectivity index (χ0n) is 15.5. The summed E-state index contributed by atoms with van der Waals surface area (Å²) in [6, 6.07) is 19.3. The number of Topliss-reactive ketones (excluding diaryl/α,β-unsaturated/α-hetero) is 1. The summed E-state index contributed by atoms with van der Waals surface area (Å²) >= 11 is 0. The van der Waals surface area contributed by atoms with Crippen molar-refractivity contribution in [3.05, 3.63) is 90.5 Å². The lowest BCUT2D eigenvalue weighted by molar-refractivity contribution is -0.639. The molecule has 0 aliphatic heterocycles. The van der Waals surface area contributed by atoms with Gasteiger partial charge in [-0.25, -0.2) is 10.8 Å². The SMILES string of the molecule is N[n+]1cccc(CCn2cnc3cc(NCC(=O)c4ccccc4)ccc32)c1. The van der Waals surface area contributed by atoms with Crippen molar-refractivity contribution >= 4 is 22.5 Å². The molecule has 140 valence electrons. The Morgan fingerprint density at radius 1 is 1.11 bits per heavy atom. The topological polar surface area (TPSA) is 76.8 Å². The molecule has 4 aromatic rings. The van der Waals surface area contributed by atoms with Crippen LogP contribution in [0, 0.1) is 0 Å². The van der Waals surface area contributed by atoms with Crippen molar-refractivity contribution in [2.24, 2.45) is 0 Å². The second kappa shape index (κ2) is 7.92. The number of carbonyl (C=O) groups is 1. The molecule has 0 radical (unpaired) electrons. The molecule has 28 heavy (non-hydrogen) atoms. The predicted molar refractivity (Wildman–Crippen MR) is 109 cm³/mol. The van der Waals surface area contributed by atoms with Crippen LogP contribution in [0.2, 0.25) is 0 Å². The molecule has 2 aromatic carbocycles. The van der Waals surface area contributed by atoms with E-state index in [1.807, 2.05) is 73.3 Å². The van der Waals surface area contributed by atoms with Gasteiger partial charge >= 0.3 is 0 Å². The Hall–Kier alpha value is -3.67. The highest BCUT2D eigenvalue weighted by Gasteiger charge is 2.08. The number of nitrogen functional groups attached to an aromatic ring is 1. The molecule has 3 N–H and O–H groups in total. The van der Waals surface area contributed by atoms with Gasteiger partial charge in [0, 0.05) is 29.4 Å². The molecule has 2 heterocycles. The second-order valence-electron chi connectivity index (χ2n) is 6.69. The number of nitrogens with two attached hydrogens (primary N) is 1. The Kier molecular flexibility index (Phi) is 5.01. The molecule has 0 spiro atoms. The van der Waals surface area contributed by atoms with Gasteiger partial charge in [-0.3, -0.25) is 4.79 Å². The molecular weight excluding hydrogens is 350 g/mol. The van der Waals surface area contributed by atoms with Crippen molar-refractivity contribution in [2.45, 2.75) is 13.0 Å². The van der Waals surface area contributed by atoms with Crippen molar-refractivity contribution in [1.29, 1.82) is 0 Å². The monoisotopic (exact) mass is 372 g/mol. The van der Waals surface area contributed by atoms with E-state index in [1.54, 1.807) is 4.68 Å². The number of hydrogen-bond donors (Lipinski definition) is 2. The molecule has 0 bridgehead atoms. The summed E-state index contributed by atoms with van der Waals surface area (Å²) in [5, 5.41) is 3.19. The third kappa shape index (κ3) is 4.01. The highest BCUT2D eigenvalue weighted by atomic mass is 16.1. The standard InChI is InChI=1S/C22H22N5O/c23-27-11-4-5-17(15-27)10-12-26-16-25-20-13-19(8-9-21(20)26)24-14-22(28)18-6-2-1-3-7-18/h1-9,11,13,15-16,24H,10,12,14,23H2/q+1. The van der Waals surface area contributed by atoms with Crippen molar-refractivity contribution in [1.82, 2.24) is 9.55 Å². The molecule has 6 nitrogen and oxygen atoms in total. The van der Waals surface area contributed by atoms with Crippen LogP contribution in [0.4, 0.5) is 5.69 Å². The maximum absolute atomic E-state index is 12.2. The fourth-order valence-corrected chi connectivity index (χ4v) is 3.20. The molecule has 0 saturated heterocycles. The summed E-state index contributed by atoms with van der Waals surface area (Å²) < 4.78 is 3.69. The van der Waals surface area contributed by atoms with E-state index in [0.717, 1.165) is 29.7 Å². The third-order valence-electron chi connectivity index (χ3n) is 4.69. The summed E-state index contributed by atoms with van der Waals surface area (Å²) in [6.07, 6.45) is 6.45. The van der Waals surface area contributed by atoms with Crippen LogP contribution >= 0.6 is 0 Å². The van der Waals surface area contributed by atoms with Gasteiger partial charge in [0.05, 0.1) is 23.9 Å². The lowest BCUT2D eigenvalue weighted by Gasteiger charge is -2.07. The first-order valence-electron chi connectivity index (χ1n) is 9.21. The third-order valence-corrected chi connectivity index (χ3v) is 4.69. The van der Waals surface area contributed by atoms with Crippen LogP contribution in [0.15, 0.2) is 79.4 Å². The van der Waals surface area contributed by atoms with Crippen LogP contribution in [-0.4, -0.2) is 21.9 Å². The smallest absolute Gasteiger partial charge is 0.202 e. The molecule has 6 heteroatoms. The van der Waals surface area contributed by atoms with Gasteiger partial charge in [0.25, 0.3) is 0 Å². The number of pyridine rings is 1. The average Bonchev–Trinajstić information content (AvgIpc) is 3.13. The van der Waals surface area contributed by atoms with Crippen molar-refractivity contribution in [2.75, 3.05) is 17.7 Å². The van der Waals surface area contributed by atoms with Crippen LogP contribution in [0.25, 0.3) is 11.0 Å². The molecule has 0 saturated carbocycles. The van der Waals surface area contributed by atoms with Crippen LogP contribution in [0.3, 0.4) is 0 Å². The number of hydrogen-bond acceptors (Lipinski definition) is 4. The number of nitrogens with one attached hydrogen (secondary N) is 1. The molecule has 0 amide bonds. The van der Waals surface area contributed by atoms with E-state index >= 15 is 0 Å². The molecule has 0 atom stereocenters. The maximum Gasteiger partial charge on any atom is 0.202 e. The van der Waals surface area contributed by atoms with Crippen LogP contribution < -0.4 is 15.8 Å². The number of carbonyl (C=O) groups excluding carboxylic acids is 1. The second-order valence-corrected chi connectivity index (χ2v) is 6.69. The van der Waals surface area contributed by atoms with E-state index in [4.69, 9.17) is 5.84 Å². The van der Waals surface area contributed by atoms with Crippen molar-refractivity contribution in [3.8, 4) is 0 Å². The van der Waals surface area contributed by atoms with Gasteiger partial charge in [-0.1, -0.05) is 35.0 Å². The minimum absolute atomic E-state index is 0.0613. The Bertz CT molecular complexity index is 1100. The van der Waals surface area contributed by atoms with Gasteiger partial charge in [0.1, 0.15) is 0 Å². The Morgan fingerprint density at radius 2 is 1.96 bits per heavy atom. The van der Waals surface area contributed by atoms with E-state index in [0.29, 0.717) is 5.56 Å². The van der Waals surface area contributed by atoms with Crippen molar-refractivity contribution in [3.63, 3.8) is 0 Å². The number of rotatable bonds is 7. The largest absolute Gasteiger partial charge is 0.378 e. The number of benzene rings is 2. The Morgan fingerprint density at radius 3 is 2.79 bits per heavy atom. The Balaban J connectivity index is 1.42. The first kappa shape index (κ1) is 17.7. The van der Waals surface area contributed by atoms with Crippen LogP contribution in [0.1, 0.15) is 15.9 Å². The fourth-order valence-electron chi connectivity index (χ4n) is 3.20. The summed E-state index contributed by atoms with van der Waals surface area (Å²) in [7, 11) is 0.